The van der Waals surface area contributed by atoms with E-state index >= 15 is 0 Å². The van der Waals surface area contributed by atoms with E-state index in [1.54, 1.807) is 32.0 Å². The number of nitrogens with one attached hydrogen (secondary N) is 1. The molecule has 1 heterocycles. The Kier molecular flexibility index (Phi) is 6.03. The van der Waals surface area contributed by atoms with Crippen molar-refractivity contribution in [2.24, 2.45) is 0 Å². The Bertz CT molecular complexity index is 300. The number of ether oxygens (including phenoxy) is 1. The molecule has 0 bridgehead atoms. The third kappa shape index (κ3) is 4.28. The number of carbonyl (C=O) groups excluding carboxylic acids is 1. The van der Waals surface area contributed by atoms with Crippen LogP contribution in [0, 0.1) is 0 Å². The predicted octanol–water partition coefficient (Wildman–Crippen LogP) is 1.66. The van der Waals surface area contributed by atoms with Gasteiger partial charge in [0.2, 0.25) is 0 Å². The molecule has 0 aliphatic heterocycles. The van der Waals surface area contributed by atoms with E-state index in [0.717, 1.165) is 11.5 Å². The highest BCUT2D eigenvalue weighted by atomic mass is 32.2. The Labute approximate surface area is 99.7 Å². The minimum Gasteiger partial charge on any atom is -0.468 e. The lowest BCUT2D eigenvalue weighted by molar-refractivity contribution is -0.144. The monoisotopic (exact) mass is 243 g/mol. The molecule has 1 unspecified atom stereocenters. The van der Waals surface area contributed by atoms with Gasteiger partial charge < -0.3 is 14.5 Å². The van der Waals surface area contributed by atoms with Crippen LogP contribution in [0.5, 0.6) is 0 Å². The van der Waals surface area contributed by atoms with E-state index in [1.165, 1.54) is 0 Å². The molecule has 1 aromatic rings. The lowest BCUT2D eigenvalue weighted by Crippen LogP contribution is -2.37. The van der Waals surface area contributed by atoms with Crippen LogP contribution < -0.4 is 5.32 Å². The number of carbonyl (C=O) groups is 1. The molecule has 16 heavy (non-hydrogen) atoms. The zero-order valence-corrected chi connectivity index (χ0v) is 10.4. The maximum atomic E-state index is 11.4. The fraction of sp³-hybridized carbons (Fsp3) is 0.545. The molecule has 90 valence electrons. The van der Waals surface area contributed by atoms with Gasteiger partial charge in [-0.1, -0.05) is 0 Å². The van der Waals surface area contributed by atoms with Gasteiger partial charge in [0.05, 0.1) is 18.6 Å². The molecule has 4 nitrogen and oxygen atoms in total. The van der Waals surface area contributed by atoms with Gasteiger partial charge in [0.25, 0.3) is 0 Å². The van der Waals surface area contributed by atoms with Crippen molar-refractivity contribution in [1.82, 2.24) is 5.32 Å². The molecule has 0 aliphatic rings. The Hall–Kier alpha value is -0.940. The van der Waals surface area contributed by atoms with Gasteiger partial charge in [0.1, 0.15) is 11.8 Å². The number of hydrogen-bond donors (Lipinski definition) is 1. The van der Waals surface area contributed by atoms with E-state index in [4.69, 9.17) is 9.15 Å². The lowest BCUT2D eigenvalue weighted by atomic mass is 10.3. The highest BCUT2D eigenvalue weighted by Crippen LogP contribution is 2.13. The Morgan fingerprint density at radius 1 is 1.69 bits per heavy atom. The Morgan fingerprint density at radius 3 is 3.06 bits per heavy atom. The number of thioether (sulfide) groups is 1. The van der Waals surface area contributed by atoms with Crippen LogP contribution in [0.4, 0.5) is 0 Å². The maximum Gasteiger partial charge on any atom is 0.323 e. The van der Waals surface area contributed by atoms with Crippen LogP contribution in [0.2, 0.25) is 0 Å². The van der Waals surface area contributed by atoms with Crippen molar-refractivity contribution < 1.29 is 13.9 Å². The van der Waals surface area contributed by atoms with Crippen molar-refractivity contribution in [2.75, 3.05) is 19.4 Å². The summed E-state index contributed by atoms with van der Waals surface area (Å²) >= 11 is 1.64. The number of esters is 1. The van der Waals surface area contributed by atoms with Crippen molar-refractivity contribution >= 4 is 17.7 Å². The molecule has 1 aromatic heterocycles. The van der Waals surface area contributed by atoms with Crippen molar-refractivity contribution in [2.45, 2.75) is 18.7 Å². The summed E-state index contributed by atoms with van der Waals surface area (Å²) in [5, 5.41) is 2.94. The van der Waals surface area contributed by atoms with Crippen molar-refractivity contribution in [3.8, 4) is 0 Å². The summed E-state index contributed by atoms with van der Waals surface area (Å²) in [6, 6.07) is 3.53. The third-order valence-corrected chi connectivity index (χ3v) is 3.09. The number of furan rings is 1. The van der Waals surface area contributed by atoms with Crippen LogP contribution in [0.1, 0.15) is 12.7 Å². The summed E-state index contributed by atoms with van der Waals surface area (Å²) in [6.07, 6.45) is 1.65. The molecule has 1 rings (SSSR count). The SMILES string of the molecule is CCOC(=O)C(CSCc1ccco1)NC. The first-order valence-electron chi connectivity index (χ1n) is 5.22. The van der Waals surface area contributed by atoms with E-state index in [0.29, 0.717) is 12.4 Å². The summed E-state index contributed by atoms with van der Waals surface area (Å²) in [7, 11) is 1.76. The van der Waals surface area contributed by atoms with Crippen LogP contribution in [-0.2, 0) is 15.3 Å². The van der Waals surface area contributed by atoms with Crippen LogP contribution in [0.3, 0.4) is 0 Å². The molecule has 0 spiro atoms. The second kappa shape index (κ2) is 7.35. The van der Waals surface area contributed by atoms with Gasteiger partial charge in [-0.2, -0.15) is 11.8 Å². The second-order valence-electron chi connectivity index (χ2n) is 3.19. The summed E-state index contributed by atoms with van der Waals surface area (Å²) < 4.78 is 10.1. The minimum atomic E-state index is -0.250. The summed E-state index contributed by atoms with van der Waals surface area (Å²) in [6.45, 7) is 2.22. The summed E-state index contributed by atoms with van der Waals surface area (Å²) in [4.78, 5) is 11.4. The zero-order chi connectivity index (χ0) is 11.8. The largest absolute Gasteiger partial charge is 0.468 e. The highest BCUT2D eigenvalue weighted by molar-refractivity contribution is 7.98. The van der Waals surface area contributed by atoms with Crippen LogP contribution >= 0.6 is 11.8 Å². The van der Waals surface area contributed by atoms with Crippen molar-refractivity contribution in [3.05, 3.63) is 24.2 Å². The fourth-order valence-electron chi connectivity index (χ4n) is 1.18. The zero-order valence-electron chi connectivity index (χ0n) is 9.56. The molecule has 0 radical (unpaired) electrons. The van der Waals surface area contributed by atoms with Gasteiger partial charge in [0, 0.05) is 5.75 Å². The molecule has 0 aliphatic carbocycles. The molecule has 0 saturated carbocycles. The van der Waals surface area contributed by atoms with E-state index in [1.807, 2.05) is 12.1 Å². The molecule has 0 saturated heterocycles. The van der Waals surface area contributed by atoms with E-state index in [2.05, 4.69) is 5.32 Å². The van der Waals surface area contributed by atoms with Crippen LogP contribution in [0.15, 0.2) is 22.8 Å². The van der Waals surface area contributed by atoms with Gasteiger partial charge in [-0.15, -0.1) is 0 Å². The number of likely N-dealkylation sites (N-methyl/N-ethyl adjacent to an activating group) is 1. The Morgan fingerprint density at radius 2 is 2.50 bits per heavy atom. The van der Waals surface area contributed by atoms with E-state index in [-0.39, 0.29) is 12.0 Å². The topological polar surface area (TPSA) is 51.5 Å². The standard InChI is InChI=1S/C11H17NO3S/c1-3-14-11(13)10(12-2)8-16-7-9-5-4-6-15-9/h4-6,10,12H,3,7-8H2,1-2H3. The van der Waals surface area contributed by atoms with E-state index < -0.39 is 0 Å². The third-order valence-electron chi connectivity index (χ3n) is 2.03. The Balaban J connectivity index is 2.26. The summed E-state index contributed by atoms with van der Waals surface area (Å²) in [5.74, 6) is 2.17. The second-order valence-corrected chi connectivity index (χ2v) is 4.22. The average Bonchev–Trinajstić information content (AvgIpc) is 2.77. The maximum absolute atomic E-state index is 11.4. The van der Waals surface area contributed by atoms with Crippen molar-refractivity contribution in [3.63, 3.8) is 0 Å². The number of rotatable bonds is 7. The van der Waals surface area contributed by atoms with Gasteiger partial charge in [0.15, 0.2) is 0 Å². The van der Waals surface area contributed by atoms with E-state index in [9.17, 15) is 4.79 Å². The van der Waals surface area contributed by atoms with Crippen LogP contribution in [0.25, 0.3) is 0 Å². The minimum absolute atomic E-state index is 0.197. The molecular weight excluding hydrogens is 226 g/mol. The molecule has 1 atom stereocenters. The quantitative estimate of drug-likeness (QED) is 0.738. The molecular formula is C11H17NO3S. The van der Waals surface area contributed by atoms with Gasteiger partial charge >= 0.3 is 5.97 Å². The van der Waals surface area contributed by atoms with Gasteiger partial charge in [-0.05, 0) is 26.1 Å². The number of hydrogen-bond acceptors (Lipinski definition) is 5. The fourth-order valence-corrected chi connectivity index (χ4v) is 2.21. The average molecular weight is 243 g/mol. The lowest BCUT2D eigenvalue weighted by Gasteiger charge is -2.13. The summed E-state index contributed by atoms with van der Waals surface area (Å²) in [5.41, 5.74) is 0. The normalized spacial score (nSPS) is 12.4. The smallest absolute Gasteiger partial charge is 0.323 e. The molecule has 0 fully saturated rings. The van der Waals surface area contributed by atoms with Gasteiger partial charge in [-0.25, -0.2) is 0 Å². The molecule has 0 aromatic carbocycles. The molecule has 0 amide bonds. The van der Waals surface area contributed by atoms with Crippen LogP contribution in [-0.4, -0.2) is 31.4 Å². The first-order valence-corrected chi connectivity index (χ1v) is 6.37. The van der Waals surface area contributed by atoms with Crippen molar-refractivity contribution in [1.29, 1.82) is 0 Å². The highest BCUT2D eigenvalue weighted by Gasteiger charge is 2.17. The molecule has 1 N–H and O–H groups in total. The van der Waals surface area contributed by atoms with Gasteiger partial charge in [-0.3, -0.25) is 4.79 Å². The first kappa shape index (κ1) is 13.1. The predicted molar refractivity (Wildman–Crippen MR) is 64.4 cm³/mol. The first-order chi connectivity index (χ1) is 7.77. The molecule has 5 heteroatoms.